The van der Waals surface area contributed by atoms with E-state index in [0.29, 0.717) is 18.3 Å². The molecule has 0 aliphatic rings. The predicted molar refractivity (Wildman–Crippen MR) is 71.0 cm³/mol. The van der Waals surface area contributed by atoms with Crippen molar-refractivity contribution in [1.82, 2.24) is 15.1 Å². The number of benzene rings is 1. The minimum atomic E-state index is -4.48. The number of halogens is 3. The number of hydrogen-bond acceptors (Lipinski definition) is 3. The number of carbonyl (C=O) groups is 1. The monoisotopic (exact) mass is 298 g/mol. The highest BCUT2D eigenvalue weighted by molar-refractivity contribution is 5.95. The van der Waals surface area contributed by atoms with Crippen LogP contribution >= 0.6 is 0 Å². The molecule has 5 nitrogen and oxygen atoms in total. The number of nitrogens with one attached hydrogen (secondary N) is 1. The highest BCUT2D eigenvalue weighted by atomic mass is 19.4. The highest BCUT2D eigenvalue weighted by Gasteiger charge is 2.32. The van der Waals surface area contributed by atoms with Gasteiger partial charge in [0.05, 0.1) is 23.1 Å². The van der Waals surface area contributed by atoms with Gasteiger partial charge in [-0.3, -0.25) is 4.79 Å². The maximum atomic E-state index is 12.6. The first kappa shape index (κ1) is 14.9. The standard InChI is InChI=1S/C13H13F3N4O/c1-2-18-12(21)8-3-4-10(17)11(5-8)20-7-9(6-19-20)13(14,15)16/h3-7H,2,17H2,1H3,(H,18,21). The van der Waals surface area contributed by atoms with E-state index in [1.165, 1.54) is 18.2 Å². The zero-order chi connectivity index (χ0) is 15.6. The highest BCUT2D eigenvalue weighted by Crippen LogP contribution is 2.30. The molecule has 8 heteroatoms. The van der Waals surface area contributed by atoms with Gasteiger partial charge >= 0.3 is 6.18 Å². The SMILES string of the molecule is CCNC(=O)c1ccc(N)c(-n2cc(C(F)(F)F)cn2)c1. The summed E-state index contributed by atoms with van der Waals surface area (Å²) in [7, 11) is 0. The normalized spacial score (nSPS) is 11.4. The molecule has 1 heterocycles. The number of rotatable bonds is 3. The van der Waals surface area contributed by atoms with Gasteiger partial charge in [-0.1, -0.05) is 0 Å². The fourth-order valence-electron chi connectivity index (χ4n) is 1.75. The first-order valence-corrected chi connectivity index (χ1v) is 6.13. The lowest BCUT2D eigenvalue weighted by molar-refractivity contribution is -0.137. The fourth-order valence-corrected chi connectivity index (χ4v) is 1.75. The molecule has 1 amide bonds. The van der Waals surface area contributed by atoms with Crippen molar-refractivity contribution in [2.24, 2.45) is 0 Å². The van der Waals surface area contributed by atoms with E-state index >= 15 is 0 Å². The van der Waals surface area contributed by atoms with Gasteiger partial charge in [-0.2, -0.15) is 18.3 Å². The van der Waals surface area contributed by atoms with Crippen LogP contribution in [-0.4, -0.2) is 22.2 Å². The van der Waals surface area contributed by atoms with E-state index in [1.54, 1.807) is 6.92 Å². The van der Waals surface area contributed by atoms with Gasteiger partial charge in [-0.15, -0.1) is 0 Å². The van der Waals surface area contributed by atoms with Crippen LogP contribution in [0.5, 0.6) is 0 Å². The topological polar surface area (TPSA) is 72.9 Å². The number of carbonyl (C=O) groups excluding carboxylic acids is 1. The maximum absolute atomic E-state index is 12.6. The minimum absolute atomic E-state index is 0.217. The molecule has 0 atom stereocenters. The molecular weight excluding hydrogens is 285 g/mol. The van der Waals surface area contributed by atoms with Crippen molar-refractivity contribution in [2.75, 3.05) is 12.3 Å². The van der Waals surface area contributed by atoms with Crippen LogP contribution in [0.25, 0.3) is 5.69 Å². The molecule has 0 radical (unpaired) electrons. The molecule has 1 aromatic carbocycles. The molecule has 0 saturated heterocycles. The molecule has 3 N–H and O–H groups in total. The van der Waals surface area contributed by atoms with Crippen molar-refractivity contribution in [3.05, 3.63) is 41.7 Å². The smallest absolute Gasteiger partial charge is 0.397 e. The van der Waals surface area contributed by atoms with Crippen LogP contribution in [0, 0.1) is 0 Å². The van der Waals surface area contributed by atoms with Gasteiger partial charge in [0.25, 0.3) is 5.91 Å². The Bertz CT molecular complexity index is 664. The molecule has 0 aliphatic carbocycles. The summed E-state index contributed by atoms with van der Waals surface area (Å²) < 4.78 is 38.7. The lowest BCUT2D eigenvalue weighted by Crippen LogP contribution is -2.22. The largest absolute Gasteiger partial charge is 0.419 e. The third-order valence-electron chi connectivity index (χ3n) is 2.79. The van der Waals surface area contributed by atoms with E-state index in [-0.39, 0.29) is 17.3 Å². The van der Waals surface area contributed by atoms with E-state index in [9.17, 15) is 18.0 Å². The summed E-state index contributed by atoms with van der Waals surface area (Å²) in [5, 5.41) is 6.25. The van der Waals surface area contributed by atoms with Crippen molar-refractivity contribution in [1.29, 1.82) is 0 Å². The molecular formula is C13H13F3N4O. The molecule has 0 spiro atoms. The number of aromatic nitrogens is 2. The van der Waals surface area contributed by atoms with Gasteiger partial charge in [0.15, 0.2) is 0 Å². The predicted octanol–water partition coefficient (Wildman–Crippen LogP) is 2.22. The van der Waals surface area contributed by atoms with Crippen LogP contribution in [-0.2, 0) is 6.18 Å². The molecule has 2 rings (SSSR count). The average Bonchev–Trinajstić information content (AvgIpc) is 2.89. The summed E-state index contributed by atoms with van der Waals surface area (Å²) >= 11 is 0. The number of nitrogens with zero attached hydrogens (tertiary/aromatic N) is 2. The zero-order valence-corrected chi connectivity index (χ0v) is 11.1. The fraction of sp³-hybridized carbons (Fsp3) is 0.231. The number of amides is 1. The molecule has 0 unspecified atom stereocenters. The van der Waals surface area contributed by atoms with E-state index < -0.39 is 11.7 Å². The number of alkyl halides is 3. The maximum Gasteiger partial charge on any atom is 0.419 e. The Morgan fingerprint density at radius 2 is 2.14 bits per heavy atom. The minimum Gasteiger partial charge on any atom is -0.397 e. The average molecular weight is 298 g/mol. The summed E-state index contributed by atoms with van der Waals surface area (Å²) in [5.74, 6) is -0.332. The third kappa shape index (κ3) is 3.15. The van der Waals surface area contributed by atoms with E-state index in [1.807, 2.05) is 0 Å². The lowest BCUT2D eigenvalue weighted by Gasteiger charge is -2.09. The number of hydrogen-bond donors (Lipinski definition) is 2. The van der Waals surface area contributed by atoms with Gasteiger partial charge in [0.2, 0.25) is 0 Å². The van der Waals surface area contributed by atoms with Crippen LogP contribution in [0.4, 0.5) is 18.9 Å². The van der Waals surface area contributed by atoms with Gasteiger partial charge < -0.3 is 11.1 Å². The quantitative estimate of drug-likeness (QED) is 0.853. The molecule has 0 bridgehead atoms. The van der Waals surface area contributed by atoms with Crippen molar-refractivity contribution in [2.45, 2.75) is 13.1 Å². The second-order valence-corrected chi connectivity index (χ2v) is 4.30. The van der Waals surface area contributed by atoms with Gasteiger partial charge in [0.1, 0.15) is 0 Å². The summed E-state index contributed by atoms with van der Waals surface area (Å²) in [6.07, 6.45) is -2.95. The van der Waals surface area contributed by atoms with Crippen molar-refractivity contribution in [3.63, 3.8) is 0 Å². The lowest BCUT2D eigenvalue weighted by atomic mass is 10.1. The Hall–Kier alpha value is -2.51. The van der Waals surface area contributed by atoms with Crippen molar-refractivity contribution in [3.8, 4) is 5.69 Å². The summed E-state index contributed by atoms with van der Waals surface area (Å²) in [4.78, 5) is 11.7. The Morgan fingerprint density at radius 1 is 1.43 bits per heavy atom. The molecule has 0 fully saturated rings. The van der Waals surface area contributed by atoms with Crippen molar-refractivity contribution >= 4 is 11.6 Å². The number of anilines is 1. The zero-order valence-electron chi connectivity index (χ0n) is 11.1. The Labute approximate surface area is 118 Å². The number of nitrogens with two attached hydrogens (primary N) is 1. The Kier molecular flexibility index (Phi) is 3.88. The summed E-state index contributed by atoms with van der Waals surface area (Å²) in [5.41, 5.74) is 5.59. The molecule has 1 aromatic heterocycles. The molecule has 21 heavy (non-hydrogen) atoms. The molecule has 0 saturated carbocycles. The molecule has 112 valence electrons. The van der Waals surface area contributed by atoms with Crippen LogP contribution < -0.4 is 11.1 Å². The number of nitrogen functional groups attached to an aromatic ring is 1. The second-order valence-electron chi connectivity index (χ2n) is 4.30. The Morgan fingerprint density at radius 3 is 2.71 bits per heavy atom. The first-order chi connectivity index (χ1) is 9.82. The van der Waals surface area contributed by atoms with Gasteiger partial charge in [-0.25, -0.2) is 4.68 Å². The summed E-state index contributed by atoms with van der Waals surface area (Å²) in [6.45, 7) is 2.21. The van der Waals surface area contributed by atoms with E-state index in [4.69, 9.17) is 5.73 Å². The molecule has 2 aromatic rings. The van der Waals surface area contributed by atoms with Gasteiger partial charge in [0, 0.05) is 18.3 Å². The van der Waals surface area contributed by atoms with Gasteiger partial charge in [-0.05, 0) is 25.1 Å². The third-order valence-corrected chi connectivity index (χ3v) is 2.79. The van der Waals surface area contributed by atoms with Crippen LogP contribution in [0.15, 0.2) is 30.6 Å². The second kappa shape index (κ2) is 5.47. The Balaban J connectivity index is 2.41. The van der Waals surface area contributed by atoms with E-state index in [0.717, 1.165) is 10.9 Å². The van der Waals surface area contributed by atoms with Crippen LogP contribution in [0.2, 0.25) is 0 Å². The molecule has 0 aliphatic heterocycles. The van der Waals surface area contributed by atoms with Crippen LogP contribution in [0.3, 0.4) is 0 Å². The summed E-state index contributed by atoms with van der Waals surface area (Å²) in [6, 6.07) is 4.35. The van der Waals surface area contributed by atoms with E-state index in [2.05, 4.69) is 10.4 Å². The van der Waals surface area contributed by atoms with Crippen molar-refractivity contribution < 1.29 is 18.0 Å². The first-order valence-electron chi connectivity index (χ1n) is 6.13. The van der Waals surface area contributed by atoms with Crippen LogP contribution in [0.1, 0.15) is 22.8 Å².